The molecule has 100 valence electrons. The molecule has 0 bridgehead atoms. The van der Waals surface area contributed by atoms with Crippen LogP contribution in [0.4, 0.5) is 4.39 Å². The lowest BCUT2D eigenvalue weighted by atomic mass is 9.75. The Hall–Kier alpha value is -0.410. The summed E-state index contributed by atoms with van der Waals surface area (Å²) in [6.07, 6.45) is 6.19. The van der Waals surface area contributed by atoms with Crippen LogP contribution in [-0.2, 0) is 0 Å². The average molecular weight is 314 g/mol. The minimum absolute atomic E-state index is 0.0260. The van der Waals surface area contributed by atoms with E-state index in [0.717, 1.165) is 11.5 Å². The number of hydrogen-bond acceptors (Lipinski definition) is 1. The van der Waals surface area contributed by atoms with Crippen LogP contribution in [-0.4, -0.2) is 0 Å². The summed E-state index contributed by atoms with van der Waals surface area (Å²) in [5, 5.41) is 0. The van der Waals surface area contributed by atoms with Crippen molar-refractivity contribution in [1.82, 2.24) is 0 Å². The van der Waals surface area contributed by atoms with Gasteiger partial charge in [-0.25, -0.2) is 4.39 Å². The summed E-state index contributed by atoms with van der Waals surface area (Å²) in [5.41, 5.74) is 7.25. The van der Waals surface area contributed by atoms with E-state index in [1.165, 1.54) is 32.1 Å². The van der Waals surface area contributed by atoms with Gasteiger partial charge in [0, 0.05) is 6.04 Å². The molecule has 3 atom stereocenters. The van der Waals surface area contributed by atoms with Crippen LogP contribution in [0.1, 0.15) is 50.6 Å². The molecule has 2 rings (SSSR count). The summed E-state index contributed by atoms with van der Waals surface area (Å²) >= 11 is 3.18. The third-order valence-corrected chi connectivity index (χ3v) is 4.88. The minimum atomic E-state index is -0.217. The normalized spacial score (nSPS) is 26.0. The summed E-state index contributed by atoms with van der Waals surface area (Å²) in [6, 6.07) is 5.24. The van der Waals surface area contributed by atoms with Gasteiger partial charge in [-0.1, -0.05) is 32.3 Å². The highest BCUT2D eigenvalue weighted by molar-refractivity contribution is 9.10. The minimum Gasteiger partial charge on any atom is -0.324 e. The van der Waals surface area contributed by atoms with Gasteiger partial charge >= 0.3 is 0 Å². The smallest absolute Gasteiger partial charge is 0.137 e. The van der Waals surface area contributed by atoms with E-state index in [4.69, 9.17) is 5.73 Å². The molecule has 0 amide bonds. The van der Waals surface area contributed by atoms with Gasteiger partial charge in [0.15, 0.2) is 0 Å². The van der Waals surface area contributed by atoms with E-state index in [-0.39, 0.29) is 11.9 Å². The molecule has 1 nitrogen and oxygen atoms in total. The molecule has 0 radical (unpaired) electrons. The molecular formula is C15H21BrFN. The molecule has 1 aliphatic carbocycles. The maximum atomic E-state index is 13.5. The Labute approximate surface area is 117 Å². The number of benzene rings is 1. The van der Waals surface area contributed by atoms with Gasteiger partial charge in [0.2, 0.25) is 0 Å². The first kappa shape index (κ1) is 14.0. The molecule has 0 aliphatic heterocycles. The first-order valence-electron chi connectivity index (χ1n) is 6.82. The van der Waals surface area contributed by atoms with E-state index in [9.17, 15) is 4.39 Å². The zero-order valence-electron chi connectivity index (χ0n) is 10.8. The summed E-state index contributed by atoms with van der Waals surface area (Å²) < 4.78 is 14.1. The molecule has 0 aromatic heterocycles. The topological polar surface area (TPSA) is 26.0 Å². The van der Waals surface area contributed by atoms with Crippen molar-refractivity contribution in [2.45, 2.75) is 45.1 Å². The molecule has 0 saturated heterocycles. The zero-order valence-corrected chi connectivity index (χ0v) is 12.4. The monoisotopic (exact) mass is 313 g/mol. The Bertz CT molecular complexity index is 407. The lowest BCUT2D eigenvalue weighted by molar-refractivity contribution is 0.230. The highest BCUT2D eigenvalue weighted by Gasteiger charge is 2.26. The first-order valence-corrected chi connectivity index (χ1v) is 7.61. The highest BCUT2D eigenvalue weighted by Crippen LogP contribution is 2.37. The van der Waals surface area contributed by atoms with Gasteiger partial charge in [0.25, 0.3) is 0 Å². The molecule has 18 heavy (non-hydrogen) atoms. The number of nitrogens with two attached hydrogens (primary N) is 1. The molecule has 1 aromatic carbocycles. The fraction of sp³-hybridized carbons (Fsp3) is 0.600. The van der Waals surface area contributed by atoms with Gasteiger partial charge in [0.05, 0.1) is 4.47 Å². The van der Waals surface area contributed by atoms with E-state index in [0.29, 0.717) is 10.4 Å². The van der Waals surface area contributed by atoms with Gasteiger partial charge in [-0.2, -0.15) is 0 Å². The zero-order chi connectivity index (χ0) is 13.1. The molecule has 1 aliphatic rings. The Morgan fingerprint density at radius 2 is 2.22 bits per heavy atom. The summed E-state index contributed by atoms with van der Waals surface area (Å²) in [4.78, 5) is 0. The predicted molar refractivity (Wildman–Crippen MR) is 76.8 cm³/mol. The van der Waals surface area contributed by atoms with E-state index < -0.39 is 0 Å². The van der Waals surface area contributed by atoms with Crippen LogP contribution in [0.2, 0.25) is 0 Å². The largest absolute Gasteiger partial charge is 0.324 e. The molecule has 0 spiro atoms. The summed E-state index contributed by atoms with van der Waals surface area (Å²) in [5.74, 6) is 1.09. The molecule has 0 heterocycles. The second-order valence-corrected chi connectivity index (χ2v) is 6.25. The van der Waals surface area contributed by atoms with E-state index in [1.54, 1.807) is 12.1 Å². The molecule has 1 saturated carbocycles. The second-order valence-electron chi connectivity index (χ2n) is 5.40. The number of hydrogen-bond donors (Lipinski definition) is 1. The lowest BCUT2D eigenvalue weighted by Gasteiger charge is -2.32. The maximum Gasteiger partial charge on any atom is 0.137 e. The number of rotatable bonds is 3. The van der Waals surface area contributed by atoms with Gasteiger partial charge in [-0.15, -0.1) is 0 Å². The lowest BCUT2D eigenvalue weighted by Crippen LogP contribution is -2.26. The van der Waals surface area contributed by atoms with Crippen LogP contribution >= 0.6 is 15.9 Å². The summed E-state index contributed by atoms with van der Waals surface area (Å²) in [7, 11) is 0. The van der Waals surface area contributed by atoms with Crippen molar-refractivity contribution in [1.29, 1.82) is 0 Å². The molecule has 1 aromatic rings. The Morgan fingerprint density at radius 1 is 1.44 bits per heavy atom. The SMILES string of the molecule is CCC1CCCC(C(N)c2ccc(Br)c(F)c2)C1. The highest BCUT2D eigenvalue weighted by atomic mass is 79.9. The van der Waals surface area contributed by atoms with Crippen LogP contribution < -0.4 is 5.73 Å². The average Bonchev–Trinajstić information content (AvgIpc) is 2.41. The van der Waals surface area contributed by atoms with Crippen LogP contribution in [0.25, 0.3) is 0 Å². The standard InChI is InChI=1S/C15H21BrFN/c1-2-10-4-3-5-11(8-10)15(18)12-6-7-13(16)14(17)9-12/h6-7,9-11,15H,2-5,8,18H2,1H3. The quantitative estimate of drug-likeness (QED) is 0.852. The Kier molecular flexibility index (Phi) is 4.79. The Balaban J connectivity index is 2.10. The van der Waals surface area contributed by atoms with Crippen LogP contribution in [0.3, 0.4) is 0 Å². The van der Waals surface area contributed by atoms with Gasteiger partial charge < -0.3 is 5.73 Å². The van der Waals surface area contributed by atoms with Crippen molar-refractivity contribution in [2.75, 3.05) is 0 Å². The molecule has 3 unspecified atom stereocenters. The predicted octanol–water partition coefficient (Wildman–Crippen LogP) is 4.80. The van der Waals surface area contributed by atoms with Crippen molar-refractivity contribution < 1.29 is 4.39 Å². The fourth-order valence-electron chi connectivity index (χ4n) is 3.02. The Morgan fingerprint density at radius 3 is 2.89 bits per heavy atom. The van der Waals surface area contributed by atoms with E-state index >= 15 is 0 Å². The number of halogens is 2. The first-order chi connectivity index (χ1) is 8.61. The van der Waals surface area contributed by atoms with E-state index in [2.05, 4.69) is 22.9 Å². The van der Waals surface area contributed by atoms with Crippen molar-refractivity contribution in [3.05, 3.63) is 34.1 Å². The molecule has 3 heteroatoms. The van der Waals surface area contributed by atoms with Crippen LogP contribution in [0.15, 0.2) is 22.7 Å². The van der Waals surface area contributed by atoms with Crippen LogP contribution in [0, 0.1) is 17.7 Å². The van der Waals surface area contributed by atoms with Crippen molar-refractivity contribution >= 4 is 15.9 Å². The third-order valence-electron chi connectivity index (χ3n) is 4.24. The van der Waals surface area contributed by atoms with Gasteiger partial charge in [-0.3, -0.25) is 0 Å². The van der Waals surface area contributed by atoms with Crippen molar-refractivity contribution in [2.24, 2.45) is 17.6 Å². The molecule has 1 fully saturated rings. The maximum absolute atomic E-state index is 13.5. The molecule has 2 N–H and O–H groups in total. The third kappa shape index (κ3) is 3.12. The fourth-order valence-corrected chi connectivity index (χ4v) is 3.27. The summed E-state index contributed by atoms with van der Waals surface area (Å²) in [6.45, 7) is 2.25. The van der Waals surface area contributed by atoms with Crippen molar-refractivity contribution in [3.63, 3.8) is 0 Å². The van der Waals surface area contributed by atoms with Crippen LogP contribution in [0.5, 0.6) is 0 Å². The van der Waals surface area contributed by atoms with Crippen molar-refractivity contribution in [3.8, 4) is 0 Å². The van der Waals surface area contributed by atoms with E-state index in [1.807, 2.05) is 6.07 Å². The molecular weight excluding hydrogens is 293 g/mol. The van der Waals surface area contributed by atoms with Gasteiger partial charge in [-0.05, 0) is 58.3 Å². The van der Waals surface area contributed by atoms with Gasteiger partial charge in [0.1, 0.15) is 5.82 Å². The second kappa shape index (κ2) is 6.16.